The number of allylic oxidation sites excluding steroid dienone is 4. The van der Waals surface area contributed by atoms with Gasteiger partial charge in [0.2, 0.25) is 0 Å². The van der Waals surface area contributed by atoms with Crippen LogP contribution >= 0.6 is 23.2 Å². The maximum absolute atomic E-state index is 5.69. The van der Waals surface area contributed by atoms with E-state index in [1.54, 1.807) is 0 Å². The summed E-state index contributed by atoms with van der Waals surface area (Å²) in [4.78, 5) is 0. The Kier molecular flexibility index (Phi) is 1.98. The van der Waals surface area contributed by atoms with Crippen LogP contribution in [0.2, 0.25) is 0 Å². The van der Waals surface area contributed by atoms with Crippen molar-refractivity contribution in [3.05, 3.63) is 23.3 Å². The largest absolute Gasteiger partial charge is 0.118 e. The molecule has 0 aliphatic heterocycles. The van der Waals surface area contributed by atoms with E-state index in [1.165, 1.54) is 0 Å². The van der Waals surface area contributed by atoms with Gasteiger partial charge in [-0.25, -0.2) is 0 Å². The highest BCUT2D eigenvalue weighted by atomic mass is 35.5. The number of rotatable bonds is 0. The molecule has 0 saturated carbocycles. The Bertz CT molecular complexity index is 135. The minimum absolute atomic E-state index is 0.150. The van der Waals surface area contributed by atoms with Gasteiger partial charge in [-0.1, -0.05) is 23.8 Å². The van der Waals surface area contributed by atoms with E-state index in [9.17, 15) is 0 Å². The zero-order chi connectivity index (χ0) is 5.98. The van der Waals surface area contributed by atoms with Crippen molar-refractivity contribution < 1.29 is 0 Å². The number of hydrogen-bond donors (Lipinski definition) is 0. The van der Waals surface area contributed by atoms with Crippen LogP contribution in [-0.4, -0.2) is 5.38 Å². The van der Waals surface area contributed by atoms with Crippen LogP contribution in [0.25, 0.3) is 0 Å². The van der Waals surface area contributed by atoms with Gasteiger partial charge >= 0.3 is 0 Å². The molecule has 1 atom stereocenters. The van der Waals surface area contributed by atoms with E-state index in [0.717, 1.165) is 11.5 Å². The average molecular weight is 149 g/mol. The molecule has 1 aliphatic carbocycles. The molecule has 1 aliphatic rings. The highest BCUT2D eigenvalue weighted by Gasteiger charge is 2.01. The Morgan fingerprint density at radius 2 is 2.38 bits per heavy atom. The van der Waals surface area contributed by atoms with Crippen LogP contribution in [-0.2, 0) is 0 Å². The van der Waals surface area contributed by atoms with Crippen LogP contribution in [0, 0.1) is 0 Å². The summed E-state index contributed by atoms with van der Waals surface area (Å²) in [7, 11) is 0. The fourth-order valence-corrected chi connectivity index (χ4v) is 0.892. The van der Waals surface area contributed by atoms with Gasteiger partial charge in [-0.3, -0.25) is 0 Å². The Labute approximate surface area is 58.8 Å². The van der Waals surface area contributed by atoms with Crippen LogP contribution in [0.4, 0.5) is 0 Å². The molecule has 0 aromatic carbocycles. The first-order chi connectivity index (χ1) is 3.79. The van der Waals surface area contributed by atoms with Crippen LogP contribution in [0.15, 0.2) is 23.3 Å². The van der Waals surface area contributed by atoms with E-state index in [-0.39, 0.29) is 5.38 Å². The lowest BCUT2D eigenvalue weighted by molar-refractivity contribution is 1.04. The first-order valence-electron chi connectivity index (χ1n) is 2.47. The third kappa shape index (κ3) is 1.53. The molecule has 0 N–H and O–H groups in total. The molecule has 0 spiro atoms. The van der Waals surface area contributed by atoms with Crippen LogP contribution in [0.1, 0.15) is 6.42 Å². The van der Waals surface area contributed by atoms with E-state index in [4.69, 9.17) is 23.2 Å². The molecule has 0 aromatic heterocycles. The van der Waals surface area contributed by atoms with Crippen molar-refractivity contribution in [3.8, 4) is 0 Å². The summed E-state index contributed by atoms with van der Waals surface area (Å²) in [5.74, 6) is 0. The molecule has 2 heteroatoms. The summed E-state index contributed by atoms with van der Waals surface area (Å²) in [6, 6.07) is 0. The van der Waals surface area contributed by atoms with Crippen molar-refractivity contribution in [2.45, 2.75) is 11.8 Å². The highest BCUT2D eigenvalue weighted by Crippen LogP contribution is 2.16. The van der Waals surface area contributed by atoms with Crippen molar-refractivity contribution in [3.63, 3.8) is 0 Å². The number of alkyl halides is 1. The van der Waals surface area contributed by atoms with Gasteiger partial charge < -0.3 is 0 Å². The summed E-state index contributed by atoms with van der Waals surface area (Å²) in [6.45, 7) is 0. The second-order valence-electron chi connectivity index (χ2n) is 1.70. The van der Waals surface area contributed by atoms with E-state index in [2.05, 4.69) is 0 Å². The van der Waals surface area contributed by atoms with Gasteiger partial charge in [0.05, 0.1) is 5.38 Å². The van der Waals surface area contributed by atoms with Gasteiger partial charge in [0.1, 0.15) is 0 Å². The zero-order valence-electron chi connectivity index (χ0n) is 4.27. The Morgan fingerprint density at radius 1 is 1.62 bits per heavy atom. The van der Waals surface area contributed by atoms with Gasteiger partial charge in [-0.05, 0) is 12.5 Å². The predicted molar refractivity (Wildman–Crippen MR) is 37.3 cm³/mol. The molecule has 44 valence electrons. The number of hydrogen-bond acceptors (Lipinski definition) is 0. The quantitative estimate of drug-likeness (QED) is 0.464. The zero-order valence-corrected chi connectivity index (χ0v) is 5.78. The van der Waals surface area contributed by atoms with Crippen molar-refractivity contribution in [1.29, 1.82) is 0 Å². The lowest BCUT2D eigenvalue weighted by atomic mass is 10.2. The molecule has 1 rings (SSSR count). The molecule has 0 saturated heterocycles. The molecular weight excluding hydrogens is 143 g/mol. The van der Waals surface area contributed by atoms with Gasteiger partial charge in [0, 0.05) is 5.03 Å². The fourth-order valence-electron chi connectivity index (χ4n) is 0.568. The molecule has 8 heavy (non-hydrogen) atoms. The van der Waals surface area contributed by atoms with Crippen LogP contribution < -0.4 is 0 Å². The summed E-state index contributed by atoms with van der Waals surface area (Å²) >= 11 is 11.3. The van der Waals surface area contributed by atoms with Crippen molar-refractivity contribution >= 4 is 23.2 Å². The first kappa shape index (κ1) is 6.18. The smallest absolute Gasteiger partial charge is 0.0554 e. The SMILES string of the molecule is ClC1=CCC(Cl)C=C1. The molecule has 0 bridgehead atoms. The molecule has 0 nitrogen and oxygen atoms in total. The summed E-state index contributed by atoms with van der Waals surface area (Å²) in [5, 5.41) is 0.944. The van der Waals surface area contributed by atoms with E-state index >= 15 is 0 Å². The highest BCUT2D eigenvalue weighted by molar-refractivity contribution is 6.31. The molecular formula is C6H6Cl2. The third-order valence-electron chi connectivity index (χ3n) is 1.00. The van der Waals surface area contributed by atoms with E-state index < -0.39 is 0 Å². The van der Waals surface area contributed by atoms with Gasteiger partial charge in [0.25, 0.3) is 0 Å². The lowest BCUT2D eigenvalue weighted by Crippen LogP contribution is -1.93. The maximum atomic E-state index is 5.69. The van der Waals surface area contributed by atoms with Crippen LogP contribution in [0.5, 0.6) is 0 Å². The minimum Gasteiger partial charge on any atom is -0.118 e. The second-order valence-corrected chi connectivity index (χ2v) is 2.70. The first-order valence-corrected chi connectivity index (χ1v) is 3.28. The Morgan fingerprint density at radius 3 is 2.75 bits per heavy atom. The van der Waals surface area contributed by atoms with Crippen LogP contribution in [0.3, 0.4) is 0 Å². The molecule has 0 heterocycles. The van der Waals surface area contributed by atoms with E-state index in [1.807, 2.05) is 18.2 Å². The van der Waals surface area contributed by atoms with E-state index in [0.29, 0.717) is 0 Å². The molecule has 0 radical (unpaired) electrons. The molecule has 0 amide bonds. The molecule has 0 fully saturated rings. The van der Waals surface area contributed by atoms with Crippen molar-refractivity contribution in [1.82, 2.24) is 0 Å². The molecule has 1 unspecified atom stereocenters. The Hall–Kier alpha value is 0.0600. The summed E-state index contributed by atoms with van der Waals surface area (Å²) in [6.07, 6.45) is 6.49. The summed E-state index contributed by atoms with van der Waals surface area (Å²) < 4.78 is 0. The number of halogens is 2. The lowest BCUT2D eigenvalue weighted by Gasteiger charge is -2.03. The monoisotopic (exact) mass is 148 g/mol. The minimum atomic E-state index is 0.150. The fraction of sp³-hybridized carbons (Fsp3) is 0.333. The normalized spacial score (nSPS) is 27.8. The Balaban J connectivity index is 2.58. The van der Waals surface area contributed by atoms with Gasteiger partial charge in [-0.2, -0.15) is 0 Å². The maximum Gasteiger partial charge on any atom is 0.0554 e. The predicted octanol–water partition coefficient (Wildman–Crippen LogP) is 2.68. The van der Waals surface area contributed by atoms with Gasteiger partial charge in [0.15, 0.2) is 0 Å². The summed E-state index contributed by atoms with van der Waals surface area (Å²) in [5.41, 5.74) is 0. The van der Waals surface area contributed by atoms with Crippen molar-refractivity contribution in [2.75, 3.05) is 0 Å². The third-order valence-corrected chi connectivity index (χ3v) is 1.61. The molecule has 0 aromatic rings. The average Bonchev–Trinajstić information content (AvgIpc) is 1.77. The second kappa shape index (κ2) is 2.56. The topological polar surface area (TPSA) is 0 Å². The van der Waals surface area contributed by atoms with Crippen molar-refractivity contribution in [2.24, 2.45) is 0 Å². The van der Waals surface area contributed by atoms with Gasteiger partial charge in [-0.15, -0.1) is 11.6 Å². The standard InChI is InChI=1S/C6H6Cl2/c7-5-1-2-6(8)4-3-5/h1-3,6H,4H2.